The fourth-order valence-corrected chi connectivity index (χ4v) is 3.86. The molecule has 1 aliphatic rings. The maximum Gasteiger partial charge on any atom is 0.338 e. The molecule has 8 heteroatoms. The Bertz CT molecular complexity index is 1020. The second-order valence-electron chi connectivity index (χ2n) is 8.60. The number of anilines is 1. The highest BCUT2D eigenvalue weighted by atomic mass is 16.5. The largest absolute Gasteiger partial charge is 0.462 e. The Kier molecular flexibility index (Phi) is 9.40. The summed E-state index contributed by atoms with van der Waals surface area (Å²) in [7, 11) is 0. The number of esters is 2. The number of hydrogen-bond acceptors (Lipinski definition) is 6. The first-order chi connectivity index (χ1) is 16.9. The third-order valence-corrected chi connectivity index (χ3v) is 5.88. The van der Waals surface area contributed by atoms with Gasteiger partial charge in [0.25, 0.3) is 5.91 Å². The van der Waals surface area contributed by atoms with Gasteiger partial charge in [-0.15, -0.1) is 0 Å². The van der Waals surface area contributed by atoms with Crippen LogP contribution >= 0.6 is 0 Å². The number of benzene rings is 2. The van der Waals surface area contributed by atoms with Crippen LogP contribution in [0.3, 0.4) is 0 Å². The molecule has 1 heterocycles. The van der Waals surface area contributed by atoms with Crippen LogP contribution in [-0.4, -0.2) is 43.5 Å². The molecule has 2 atom stereocenters. The predicted molar refractivity (Wildman–Crippen MR) is 131 cm³/mol. The molecule has 1 fully saturated rings. The van der Waals surface area contributed by atoms with Crippen molar-refractivity contribution in [2.75, 3.05) is 24.7 Å². The number of carbonyl (C=O) groups excluding carboxylic acids is 4. The zero-order valence-corrected chi connectivity index (χ0v) is 20.2. The maximum absolute atomic E-state index is 12.5. The highest BCUT2D eigenvalue weighted by Gasteiger charge is 2.36. The van der Waals surface area contributed by atoms with E-state index in [4.69, 9.17) is 9.47 Å². The molecule has 1 N–H and O–H groups in total. The summed E-state index contributed by atoms with van der Waals surface area (Å²) in [6.45, 7) is 4.05. The van der Waals surface area contributed by atoms with Crippen LogP contribution in [0.2, 0.25) is 0 Å². The lowest BCUT2D eigenvalue weighted by Gasteiger charge is -2.17. The molecule has 2 aromatic rings. The van der Waals surface area contributed by atoms with E-state index >= 15 is 0 Å². The van der Waals surface area contributed by atoms with Crippen LogP contribution in [0.25, 0.3) is 0 Å². The van der Waals surface area contributed by atoms with Crippen molar-refractivity contribution >= 4 is 29.4 Å². The summed E-state index contributed by atoms with van der Waals surface area (Å²) < 4.78 is 10.4. The average molecular weight is 481 g/mol. The maximum atomic E-state index is 12.5. The lowest BCUT2D eigenvalue weighted by Crippen LogP contribution is -2.32. The lowest BCUT2D eigenvalue weighted by molar-refractivity contribution is -0.152. The third kappa shape index (κ3) is 7.40. The summed E-state index contributed by atoms with van der Waals surface area (Å²) in [5.41, 5.74) is 1.94. The normalized spacial score (nSPS) is 16.0. The molecule has 186 valence electrons. The summed E-state index contributed by atoms with van der Waals surface area (Å²) in [5.74, 6) is -2.28. The van der Waals surface area contributed by atoms with Gasteiger partial charge in [0.2, 0.25) is 5.91 Å². The summed E-state index contributed by atoms with van der Waals surface area (Å²) in [4.78, 5) is 50.8. The second-order valence-corrected chi connectivity index (χ2v) is 8.60. The number of rotatable bonds is 11. The first kappa shape index (κ1) is 25.9. The molecule has 0 unspecified atom stereocenters. The molecule has 3 rings (SSSR count). The van der Waals surface area contributed by atoms with Crippen LogP contribution in [-0.2, 0) is 23.9 Å². The minimum absolute atomic E-state index is 0.00208. The van der Waals surface area contributed by atoms with E-state index < -0.39 is 30.4 Å². The Morgan fingerprint density at radius 1 is 1.03 bits per heavy atom. The van der Waals surface area contributed by atoms with Gasteiger partial charge in [-0.3, -0.25) is 14.4 Å². The Morgan fingerprint density at radius 3 is 2.43 bits per heavy atom. The Balaban J connectivity index is 1.47. The van der Waals surface area contributed by atoms with Gasteiger partial charge in [0.1, 0.15) is 0 Å². The highest BCUT2D eigenvalue weighted by Crippen LogP contribution is 2.26. The molecule has 0 aromatic heterocycles. The zero-order chi connectivity index (χ0) is 25.2. The molecule has 0 radical (unpaired) electrons. The number of nitrogens with one attached hydrogen (secondary N) is 1. The molecular formula is C27H32N2O6. The molecule has 0 bridgehead atoms. The van der Waals surface area contributed by atoms with Gasteiger partial charge in [-0.1, -0.05) is 50.1 Å². The molecule has 0 aliphatic carbocycles. The molecule has 2 amide bonds. The van der Waals surface area contributed by atoms with E-state index in [2.05, 4.69) is 12.2 Å². The molecule has 8 nitrogen and oxygen atoms in total. The van der Waals surface area contributed by atoms with Crippen LogP contribution in [0.1, 0.15) is 61.5 Å². The summed E-state index contributed by atoms with van der Waals surface area (Å²) >= 11 is 0. The van der Waals surface area contributed by atoms with Crippen LogP contribution in [0, 0.1) is 5.92 Å². The number of hydrogen-bond donors (Lipinski definition) is 1. The average Bonchev–Trinajstić information content (AvgIpc) is 3.27. The van der Waals surface area contributed by atoms with Gasteiger partial charge >= 0.3 is 11.9 Å². The fourth-order valence-electron chi connectivity index (χ4n) is 3.86. The number of nitrogens with zero attached hydrogens (tertiary/aromatic N) is 1. The summed E-state index contributed by atoms with van der Waals surface area (Å²) in [5, 5.41) is 2.79. The molecule has 35 heavy (non-hydrogen) atoms. The standard InChI is InChI=1S/C27H32N2O6/c1-3-4-8-15-34-26(32)21-11-13-23(14-12-21)29-17-22(16-25(29)31)27(33)35-18-24(30)28-19(2)20-9-6-5-7-10-20/h5-7,9-14,19,22H,3-4,8,15-18H2,1-2H3,(H,28,30)/t19-,22+/m0/s1. The van der Waals surface area contributed by atoms with Gasteiger partial charge in [-0.2, -0.15) is 0 Å². The zero-order valence-electron chi connectivity index (χ0n) is 20.2. The van der Waals surface area contributed by atoms with E-state index in [0.717, 1.165) is 24.8 Å². The fraction of sp³-hybridized carbons (Fsp3) is 0.407. The third-order valence-electron chi connectivity index (χ3n) is 5.88. The highest BCUT2D eigenvalue weighted by molar-refractivity contribution is 6.00. The van der Waals surface area contributed by atoms with Crippen LogP contribution in [0.5, 0.6) is 0 Å². The number of carbonyl (C=O) groups is 4. The second kappa shape index (κ2) is 12.7. The van der Waals surface area contributed by atoms with E-state index in [1.165, 1.54) is 4.90 Å². The van der Waals surface area contributed by atoms with Crippen molar-refractivity contribution in [2.45, 2.75) is 45.6 Å². The van der Waals surface area contributed by atoms with Gasteiger partial charge in [0, 0.05) is 18.7 Å². The molecule has 1 saturated heterocycles. The van der Waals surface area contributed by atoms with Crippen molar-refractivity contribution in [3.63, 3.8) is 0 Å². The molecule has 0 saturated carbocycles. The topological polar surface area (TPSA) is 102 Å². The van der Waals surface area contributed by atoms with Crippen molar-refractivity contribution in [2.24, 2.45) is 5.92 Å². The van der Waals surface area contributed by atoms with Gasteiger partial charge in [0.05, 0.1) is 24.1 Å². The van der Waals surface area contributed by atoms with E-state index in [9.17, 15) is 19.2 Å². The quantitative estimate of drug-likeness (QED) is 0.388. The first-order valence-corrected chi connectivity index (χ1v) is 12.0. The predicted octanol–water partition coefficient (Wildman–Crippen LogP) is 3.81. The number of ether oxygens (including phenoxy) is 2. The Hall–Kier alpha value is -3.68. The van der Waals surface area contributed by atoms with E-state index in [-0.39, 0.29) is 24.9 Å². The van der Waals surface area contributed by atoms with Crippen molar-refractivity contribution < 1.29 is 28.7 Å². The molecule has 0 spiro atoms. The smallest absolute Gasteiger partial charge is 0.338 e. The Labute approximate surface area is 205 Å². The lowest BCUT2D eigenvalue weighted by atomic mass is 10.1. The van der Waals surface area contributed by atoms with Crippen molar-refractivity contribution in [3.8, 4) is 0 Å². The van der Waals surface area contributed by atoms with Crippen LogP contribution in [0.15, 0.2) is 54.6 Å². The van der Waals surface area contributed by atoms with E-state index in [1.807, 2.05) is 37.3 Å². The molecule has 2 aromatic carbocycles. The van der Waals surface area contributed by atoms with E-state index in [1.54, 1.807) is 24.3 Å². The molecule has 1 aliphatic heterocycles. The summed E-state index contributed by atoms with van der Waals surface area (Å²) in [6, 6.07) is 15.8. The minimum Gasteiger partial charge on any atom is -0.462 e. The minimum atomic E-state index is -0.662. The number of unbranched alkanes of at least 4 members (excludes halogenated alkanes) is 2. The SMILES string of the molecule is CCCCCOC(=O)c1ccc(N2C[C@H](C(=O)OCC(=O)N[C@@H](C)c3ccccc3)CC2=O)cc1. The summed E-state index contributed by atoms with van der Waals surface area (Å²) in [6.07, 6.45) is 2.88. The van der Waals surface area contributed by atoms with Crippen molar-refractivity contribution in [1.82, 2.24) is 5.32 Å². The first-order valence-electron chi connectivity index (χ1n) is 12.0. The van der Waals surface area contributed by atoms with Crippen molar-refractivity contribution in [1.29, 1.82) is 0 Å². The van der Waals surface area contributed by atoms with Gasteiger partial charge in [0.15, 0.2) is 6.61 Å². The van der Waals surface area contributed by atoms with Gasteiger partial charge in [-0.25, -0.2) is 4.79 Å². The van der Waals surface area contributed by atoms with Gasteiger partial charge < -0.3 is 19.7 Å². The molecular weight excluding hydrogens is 448 g/mol. The monoisotopic (exact) mass is 480 g/mol. The Morgan fingerprint density at radius 2 is 1.74 bits per heavy atom. The van der Waals surface area contributed by atoms with Crippen LogP contribution in [0.4, 0.5) is 5.69 Å². The van der Waals surface area contributed by atoms with Crippen LogP contribution < -0.4 is 10.2 Å². The van der Waals surface area contributed by atoms with E-state index in [0.29, 0.717) is 17.9 Å². The van der Waals surface area contributed by atoms with Crippen molar-refractivity contribution in [3.05, 3.63) is 65.7 Å². The van der Waals surface area contributed by atoms with Gasteiger partial charge in [-0.05, 0) is 43.2 Å². The number of amides is 2.